The van der Waals surface area contributed by atoms with Crippen LogP contribution in [-0.4, -0.2) is 39.2 Å². The monoisotopic (exact) mass is 443 g/mol. The molecule has 0 bridgehead atoms. The lowest BCUT2D eigenvalue weighted by Crippen LogP contribution is -2.36. The van der Waals surface area contributed by atoms with Crippen LogP contribution in [0.5, 0.6) is 5.75 Å². The predicted octanol–water partition coefficient (Wildman–Crippen LogP) is 6.55. The van der Waals surface area contributed by atoms with Gasteiger partial charge in [0.1, 0.15) is 11.6 Å². The van der Waals surface area contributed by atoms with Crippen molar-refractivity contribution in [3.05, 3.63) is 59.4 Å². The third kappa shape index (κ3) is 6.13. The van der Waals surface area contributed by atoms with Crippen LogP contribution in [0.25, 0.3) is 0 Å². The molecule has 1 heterocycles. The highest BCUT2D eigenvalue weighted by Gasteiger charge is 2.34. The molecule has 168 valence electrons. The van der Waals surface area contributed by atoms with E-state index in [1.54, 1.807) is 6.07 Å². The van der Waals surface area contributed by atoms with Gasteiger partial charge in [-0.25, -0.2) is 4.39 Å². The molecule has 1 aliphatic carbocycles. The summed E-state index contributed by atoms with van der Waals surface area (Å²) in [7, 11) is -2.06. The molecule has 0 aromatic heterocycles. The van der Waals surface area contributed by atoms with Crippen LogP contribution in [0.15, 0.2) is 42.5 Å². The number of hydrogen-bond acceptors (Lipinski definition) is 3. The van der Waals surface area contributed by atoms with Crippen molar-refractivity contribution in [2.75, 3.05) is 44.1 Å². The van der Waals surface area contributed by atoms with Crippen molar-refractivity contribution in [3.8, 4) is 5.75 Å². The second kappa shape index (κ2) is 9.36. The van der Waals surface area contributed by atoms with Gasteiger partial charge < -0.3 is 14.2 Å². The highest BCUT2D eigenvalue weighted by atomic mass is 31.2. The average molecular weight is 444 g/mol. The topological polar surface area (TPSA) is 29.5 Å². The summed E-state index contributed by atoms with van der Waals surface area (Å²) in [5.74, 6) is 2.33. The lowest BCUT2D eigenvalue weighted by molar-refractivity contribution is 0.222. The van der Waals surface area contributed by atoms with Gasteiger partial charge in [0.15, 0.2) is 0 Å². The van der Waals surface area contributed by atoms with Crippen molar-refractivity contribution in [2.24, 2.45) is 11.8 Å². The van der Waals surface area contributed by atoms with E-state index >= 15 is 0 Å². The molecule has 2 aromatic carbocycles. The number of nitrogens with zero attached hydrogens (tertiary/aromatic N) is 1. The molecular formula is C26H35FNO2P. The molecule has 4 rings (SSSR count). The van der Waals surface area contributed by atoms with E-state index in [4.69, 9.17) is 4.74 Å². The number of benzene rings is 2. The molecule has 3 nitrogen and oxygen atoms in total. The van der Waals surface area contributed by atoms with Crippen LogP contribution in [0.3, 0.4) is 0 Å². The quantitative estimate of drug-likeness (QED) is 0.434. The Hall–Kier alpha value is -1.80. The minimum Gasteiger partial charge on any atom is -0.493 e. The van der Waals surface area contributed by atoms with Crippen molar-refractivity contribution in [2.45, 2.75) is 38.5 Å². The van der Waals surface area contributed by atoms with Gasteiger partial charge in [0, 0.05) is 19.3 Å². The standard InChI is InChI=1S/C26H35FNO2P/c1-19-7-10-25(27)26(15-19)28-13-11-20(12-14-28)17-30-23-6-4-5-22(16-23)24(21-8-9-21)18-31(2,3)29/h4-7,10,15-16,20-21,24H,8-9,11-14,17-18H2,1-3H3/t24-/m0/s1. The van der Waals surface area contributed by atoms with Gasteiger partial charge in [-0.1, -0.05) is 18.2 Å². The van der Waals surface area contributed by atoms with E-state index < -0.39 is 7.14 Å². The van der Waals surface area contributed by atoms with Crippen LogP contribution in [0, 0.1) is 24.6 Å². The third-order valence-electron chi connectivity index (χ3n) is 6.66. The summed E-state index contributed by atoms with van der Waals surface area (Å²) in [5.41, 5.74) is 3.09. The molecule has 1 aliphatic heterocycles. The number of ether oxygens (including phenoxy) is 1. The van der Waals surface area contributed by atoms with Crippen molar-refractivity contribution in [1.82, 2.24) is 0 Å². The smallest absolute Gasteiger partial charge is 0.146 e. The van der Waals surface area contributed by atoms with Gasteiger partial charge >= 0.3 is 0 Å². The number of aryl methyl sites for hydroxylation is 1. The predicted molar refractivity (Wildman–Crippen MR) is 128 cm³/mol. The number of halogens is 1. The molecule has 0 unspecified atom stereocenters. The number of rotatable bonds is 8. The second-order valence-electron chi connectivity index (χ2n) is 9.97. The Morgan fingerprint density at radius 1 is 1.10 bits per heavy atom. The van der Waals surface area contributed by atoms with Crippen LogP contribution < -0.4 is 9.64 Å². The van der Waals surface area contributed by atoms with E-state index in [1.165, 1.54) is 18.4 Å². The fraction of sp³-hybridized carbons (Fsp3) is 0.538. The molecular weight excluding hydrogens is 408 g/mol. The number of anilines is 1. The zero-order chi connectivity index (χ0) is 22.0. The zero-order valence-electron chi connectivity index (χ0n) is 19.0. The summed E-state index contributed by atoms with van der Waals surface area (Å²) in [4.78, 5) is 2.16. The summed E-state index contributed by atoms with van der Waals surface area (Å²) >= 11 is 0. The van der Waals surface area contributed by atoms with E-state index in [-0.39, 0.29) is 5.82 Å². The Labute approximate surface area is 186 Å². The van der Waals surface area contributed by atoms with E-state index in [0.29, 0.717) is 24.4 Å². The first-order valence-corrected chi connectivity index (χ1v) is 14.3. The maximum absolute atomic E-state index is 14.2. The van der Waals surface area contributed by atoms with Gasteiger partial charge in [0.25, 0.3) is 0 Å². The van der Waals surface area contributed by atoms with Crippen molar-refractivity contribution in [1.29, 1.82) is 0 Å². The van der Waals surface area contributed by atoms with Crippen LogP contribution in [0.1, 0.15) is 42.7 Å². The summed E-state index contributed by atoms with van der Waals surface area (Å²) in [6.07, 6.45) is 5.29. The number of piperidine rings is 1. The molecule has 1 saturated carbocycles. The SMILES string of the molecule is Cc1ccc(F)c(N2CCC(COc3cccc([C@@H](CP(C)(C)=O)C4CC4)c3)CC2)c1. The van der Waals surface area contributed by atoms with Crippen molar-refractivity contribution >= 4 is 12.8 Å². The zero-order valence-corrected chi connectivity index (χ0v) is 19.9. The summed E-state index contributed by atoms with van der Waals surface area (Å²) in [5, 5.41) is 0. The molecule has 0 radical (unpaired) electrons. The molecule has 0 N–H and O–H groups in total. The molecule has 5 heteroatoms. The van der Waals surface area contributed by atoms with Gasteiger partial charge in [-0.2, -0.15) is 0 Å². The Balaban J connectivity index is 1.32. The molecule has 1 atom stereocenters. The second-order valence-corrected chi connectivity index (χ2v) is 13.5. The van der Waals surface area contributed by atoms with Gasteiger partial charge in [0.05, 0.1) is 19.4 Å². The van der Waals surface area contributed by atoms with E-state index in [0.717, 1.165) is 49.1 Å². The maximum atomic E-state index is 14.2. The fourth-order valence-corrected chi connectivity index (χ4v) is 6.21. The summed E-state index contributed by atoms with van der Waals surface area (Å²) in [6, 6.07) is 13.8. The minimum atomic E-state index is -2.06. The van der Waals surface area contributed by atoms with Crippen LogP contribution in [0.2, 0.25) is 0 Å². The first kappa shape index (κ1) is 22.4. The van der Waals surface area contributed by atoms with Gasteiger partial charge in [-0.3, -0.25) is 0 Å². The lowest BCUT2D eigenvalue weighted by Gasteiger charge is -2.34. The van der Waals surface area contributed by atoms with Crippen molar-refractivity contribution < 1.29 is 13.7 Å². The minimum absolute atomic E-state index is 0.133. The molecule has 2 aromatic rings. The van der Waals surface area contributed by atoms with Gasteiger partial charge in [-0.15, -0.1) is 0 Å². The fourth-order valence-electron chi connectivity index (χ4n) is 4.75. The summed E-state index contributed by atoms with van der Waals surface area (Å²) in [6.45, 7) is 8.23. The van der Waals surface area contributed by atoms with Crippen LogP contribution in [-0.2, 0) is 4.57 Å². The highest BCUT2D eigenvalue weighted by Crippen LogP contribution is 2.51. The van der Waals surface area contributed by atoms with Crippen molar-refractivity contribution in [3.63, 3.8) is 0 Å². The van der Waals surface area contributed by atoms with Gasteiger partial charge in [-0.05, 0) is 99.1 Å². The molecule has 31 heavy (non-hydrogen) atoms. The maximum Gasteiger partial charge on any atom is 0.146 e. The average Bonchev–Trinajstić information content (AvgIpc) is 3.58. The first-order valence-electron chi connectivity index (χ1n) is 11.6. The van der Waals surface area contributed by atoms with E-state index in [1.807, 2.05) is 38.5 Å². The Kier molecular flexibility index (Phi) is 6.77. The van der Waals surface area contributed by atoms with E-state index in [2.05, 4.69) is 23.1 Å². The molecule has 2 fully saturated rings. The highest BCUT2D eigenvalue weighted by molar-refractivity contribution is 7.62. The Morgan fingerprint density at radius 3 is 2.52 bits per heavy atom. The molecule has 0 spiro atoms. The lowest BCUT2D eigenvalue weighted by atomic mass is 9.95. The third-order valence-corrected chi connectivity index (χ3v) is 7.93. The number of hydrogen-bond donors (Lipinski definition) is 0. The van der Waals surface area contributed by atoms with Crippen LogP contribution >= 0.6 is 7.14 Å². The Morgan fingerprint density at radius 2 is 1.84 bits per heavy atom. The van der Waals surface area contributed by atoms with Gasteiger partial charge in [0.2, 0.25) is 0 Å². The largest absolute Gasteiger partial charge is 0.493 e. The molecule has 0 amide bonds. The normalized spacial score (nSPS) is 18.8. The first-order chi connectivity index (χ1) is 14.8. The van der Waals surface area contributed by atoms with E-state index in [9.17, 15) is 8.96 Å². The Bertz CT molecular complexity index is 944. The molecule has 2 aliphatic rings. The summed E-state index contributed by atoms with van der Waals surface area (Å²) < 4.78 is 32.9. The van der Waals surface area contributed by atoms with Crippen LogP contribution in [0.4, 0.5) is 10.1 Å². The molecule has 1 saturated heterocycles.